The first kappa shape index (κ1) is 30.0. The molecule has 0 amide bonds. The molecule has 12 heteroatoms. The fraction of sp³-hybridized carbons (Fsp3) is 0.429. The number of halogens is 4. The maximum absolute atomic E-state index is 12.4. The van der Waals surface area contributed by atoms with Gasteiger partial charge in [0.05, 0.1) is 17.7 Å². The highest BCUT2D eigenvalue weighted by atomic mass is 35.5. The zero-order valence-corrected chi connectivity index (χ0v) is 23.8. The molecule has 0 bridgehead atoms. The minimum atomic E-state index is -5.20. The quantitative estimate of drug-likeness (QED) is 0.212. The molecule has 1 fully saturated rings. The van der Waals surface area contributed by atoms with Gasteiger partial charge in [0.25, 0.3) is 0 Å². The molecule has 0 radical (unpaired) electrons. The first-order chi connectivity index (χ1) is 19.0. The highest BCUT2D eigenvalue weighted by molar-refractivity contribution is 7.09. The predicted octanol–water partition coefficient (Wildman–Crippen LogP) is 6.69. The number of carbonyl (C=O) groups excluding carboxylic acids is 2. The highest BCUT2D eigenvalue weighted by Crippen LogP contribution is 2.37. The number of aromatic nitrogens is 2. The van der Waals surface area contributed by atoms with Crippen LogP contribution in [0.25, 0.3) is 22.0 Å². The van der Waals surface area contributed by atoms with Crippen LogP contribution in [-0.4, -0.2) is 58.1 Å². The SMILES string of the molecule is CCc1c(-c2nsc(-c3ccc(OC(C)C)c(Cl)c3)n2)cccc1C1CCN(CC(=O)OC(=O)C(F)(F)F)CC1. The van der Waals surface area contributed by atoms with Crippen molar-refractivity contribution in [2.45, 2.75) is 58.2 Å². The lowest BCUT2D eigenvalue weighted by molar-refractivity contribution is -0.202. The topological polar surface area (TPSA) is 81.6 Å². The maximum atomic E-state index is 12.4. The van der Waals surface area contributed by atoms with Crippen molar-refractivity contribution in [3.05, 3.63) is 52.5 Å². The van der Waals surface area contributed by atoms with Gasteiger partial charge in [0.15, 0.2) is 5.82 Å². The molecule has 0 atom stereocenters. The van der Waals surface area contributed by atoms with E-state index in [1.54, 1.807) is 4.90 Å². The number of likely N-dealkylation sites (tertiary alicyclic amines) is 1. The number of hydrogen-bond acceptors (Lipinski definition) is 8. The van der Waals surface area contributed by atoms with E-state index in [9.17, 15) is 22.8 Å². The van der Waals surface area contributed by atoms with Crippen molar-refractivity contribution in [3.8, 4) is 27.7 Å². The second-order valence-corrected chi connectivity index (χ2v) is 10.9. The van der Waals surface area contributed by atoms with Crippen molar-refractivity contribution in [1.29, 1.82) is 0 Å². The highest BCUT2D eigenvalue weighted by Gasteiger charge is 2.42. The molecule has 1 aliphatic heterocycles. The number of alkyl halides is 3. The number of esters is 2. The number of benzene rings is 2. The monoisotopic (exact) mass is 595 g/mol. The number of rotatable bonds is 8. The number of piperidine rings is 1. The van der Waals surface area contributed by atoms with Gasteiger partial charge in [-0.3, -0.25) is 9.69 Å². The second-order valence-electron chi connectivity index (χ2n) is 9.77. The van der Waals surface area contributed by atoms with Crippen LogP contribution in [0.15, 0.2) is 36.4 Å². The number of carbonyl (C=O) groups is 2. The van der Waals surface area contributed by atoms with E-state index in [-0.39, 0.29) is 18.6 Å². The summed E-state index contributed by atoms with van der Waals surface area (Å²) in [7, 11) is 0. The van der Waals surface area contributed by atoms with Gasteiger partial charge in [0, 0.05) is 11.1 Å². The summed E-state index contributed by atoms with van der Waals surface area (Å²) >= 11 is 7.71. The Bertz CT molecular complexity index is 1370. The van der Waals surface area contributed by atoms with Gasteiger partial charge in [-0.05, 0) is 93.0 Å². The van der Waals surface area contributed by atoms with E-state index in [1.807, 2.05) is 44.2 Å². The first-order valence-electron chi connectivity index (χ1n) is 12.9. The smallest absolute Gasteiger partial charge is 0.489 e. The fourth-order valence-corrected chi connectivity index (χ4v) is 5.70. The summed E-state index contributed by atoms with van der Waals surface area (Å²) in [5.74, 6) is -2.25. The molecule has 0 unspecified atom stereocenters. The van der Waals surface area contributed by atoms with Crippen LogP contribution in [0.1, 0.15) is 50.7 Å². The molecule has 0 N–H and O–H groups in total. The molecule has 0 saturated carbocycles. The summed E-state index contributed by atoms with van der Waals surface area (Å²) < 4.78 is 51.3. The van der Waals surface area contributed by atoms with Crippen LogP contribution in [-0.2, 0) is 20.7 Å². The molecular weight excluding hydrogens is 567 g/mol. The molecule has 1 aliphatic rings. The fourth-order valence-electron chi connectivity index (χ4n) is 4.80. The Morgan fingerprint density at radius 2 is 1.90 bits per heavy atom. The molecule has 0 spiro atoms. The van der Waals surface area contributed by atoms with E-state index in [4.69, 9.17) is 21.3 Å². The van der Waals surface area contributed by atoms with Crippen LogP contribution in [0, 0.1) is 0 Å². The van der Waals surface area contributed by atoms with E-state index in [0.717, 1.165) is 28.1 Å². The summed E-state index contributed by atoms with van der Waals surface area (Å²) in [6.07, 6.45) is -3.02. The van der Waals surface area contributed by atoms with Crippen molar-refractivity contribution < 1.29 is 32.2 Å². The van der Waals surface area contributed by atoms with E-state index in [0.29, 0.717) is 42.5 Å². The third-order valence-corrected chi connectivity index (χ3v) is 7.65. The molecule has 4 rings (SSSR count). The molecule has 7 nitrogen and oxygen atoms in total. The van der Waals surface area contributed by atoms with Crippen molar-refractivity contribution in [2.24, 2.45) is 0 Å². The van der Waals surface area contributed by atoms with Crippen LogP contribution < -0.4 is 4.74 Å². The van der Waals surface area contributed by atoms with Gasteiger partial charge in [-0.2, -0.15) is 17.5 Å². The second kappa shape index (κ2) is 12.7. The average molecular weight is 596 g/mol. The zero-order chi connectivity index (χ0) is 29.0. The minimum Gasteiger partial charge on any atom is -0.489 e. The third kappa shape index (κ3) is 7.18. The van der Waals surface area contributed by atoms with Gasteiger partial charge in [-0.25, -0.2) is 9.78 Å². The van der Waals surface area contributed by atoms with Crippen LogP contribution in [0.4, 0.5) is 13.2 Å². The molecule has 40 heavy (non-hydrogen) atoms. The van der Waals surface area contributed by atoms with Crippen molar-refractivity contribution in [2.75, 3.05) is 19.6 Å². The molecular formula is C28H29ClF3N3O4S. The van der Waals surface area contributed by atoms with Crippen molar-refractivity contribution >= 4 is 35.1 Å². The molecule has 3 aromatic rings. The van der Waals surface area contributed by atoms with E-state index in [2.05, 4.69) is 22.1 Å². The van der Waals surface area contributed by atoms with E-state index < -0.39 is 18.1 Å². The minimum absolute atomic E-state index is 0.00825. The number of nitrogens with zero attached hydrogens (tertiary/aromatic N) is 3. The molecule has 2 aromatic carbocycles. The number of ether oxygens (including phenoxy) is 2. The Morgan fingerprint density at radius 3 is 2.52 bits per heavy atom. The average Bonchev–Trinajstić information content (AvgIpc) is 3.39. The molecule has 1 aromatic heterocycles. The van der Waals surface area contributed by atoms with Crippen LogP contribution in [0.5, 0.6) is 5.75 Å². The largest absolute Gasteiger partial charge is 0.491 e. The standard InChI is InChI=1S/C28H29ClF3N3O4S/c1-4-19-20(17-10-12-35(13-11-17)15-24(36)39-27(37)28(30,31)32)6-5-7-21(19)25-33-26(40-34-25)18-8-9-23(22(29)14-18)38-16(2)3/h5-9,14,16-17H,4,10-13,15H2,1-3H3. The summed E-state index contributed by atoms with van der Waals surface area (Å²) in [6.45, 7) is 6.56. The molecule has 2 heterocycles. The summed E-state index contributed by atoms with van der Waals surface area (Å²) in [6, 6.07) is 11.6. The van der Waals surface area contributed by atoms with E-state index in [1.165, 1.54) is 17.1 Å². The van der Waals surface area contributed by atoms with Crippen LogP contribution in [0.2, 0.25) is 5.02 Å². The van der Waals surface area contributed by atoms with Crippen molar-refractivity contribution in [1.82, 2.24) is 14.3 Å². The van der Waals surface area contributed by atoms with Gasteiger partial charge in [0.2, 0.25) is 0 Å². The predicted molar refractivity (Wildman–Crippen MR) is 147 cm³/mol. The van der Waals surface area contributed by atoms with Gasteiger partial charge >= 0.3 is 18.1 Å². The Hall–Kier alpha value is -3.02. The Balaban J connectivity index is 1.45. The molecule has 0 aliphatic carbocycles. The Morgan fingerprint density at radius 1 is 1.18 bits per heavy atom. The Labute approximate surface area is 239 Å². The lowest BCUT2D eigenvalue weighted by Gasteiger charge is -2.32. The van der Waals surface area contributed by atoms with Gasteiger partial charge in [0.1, 0.15) is 10.8 Å². The summed E-state index contributed by atoms with van der Waals surface area (Å²) in [5.41, 5.74) is 4.11. The first-order valence-corrected chi connectivity index (χ1v) is 14.1. The third-order valence-electron chi connectivity index (χ3n) is 6.59. The summed E-state index contributed by atoms with van der Waals surface area (Å²) in [5, 5.41) is 1.25. The number of hydrogen-bond donors (Lipinski definition) is 0. The summed E-state index contributed by atoms with van der Waals surface area (Å²) in [4.78, 5) is 29.2. The van der Waals surface area contributed by atoms with Crippen LogP contribution in [0.3, 0.4) is 0 Å². The Kier molecular flexibility index (Phi) is 9.48. The molecule has 1 saturated heterocycles. The van der Waals surface area contributed by atoms with Crippen molar-refractivity contribution in [3.63, 3.8) is 0 Å². The maximum Gasteiger partial charge on any atom is 0.491 e. The lowest BCUT2D eigenvalue weighted by atomic mass is 9.84. The van der Waals surface area contributed by atoms with Crippen LogP contribution >= 0.6 is 23.1 Å². The molecule has 214 valence electrons. The van der Waals surface area contributed by atoms with Gasteiger partial charge in [-0.15, -0.1) is 0 Å². The zero-order valence-electron chi connectivity index (χ0n) is 22.3. The van der Waals surface area contributed by atoms with Gasteiger partial charge in [-0.1, -0.05) is 36.7 Å². The van der Waals surface area contributed by atoms with Gasteiger partial charge < -0.3 is 9.47 Å². The normalized spacial score (nSPS) is 14.9. The van der Waals surface area contributed by atoms with E-state index >= 15 is 0 Å². The lowest BCUT2D eigenvalue weighted by Crippen LogP contribution is -2.39.